The Morgan fingerprint density at radius 3 is 2.70 bits per heavy atom. The van der Waals surface area contributed by atoms with Crippen LogP contribution in [-0.2, 0) is 0 Å². The van der Waals surface area contributed by atoms with Crippen molar-refractivity contribution in [2.24, 2.45) is 0 Å². The molecule has 0 amide bonds. The van der Waals surface area contributed by atoms with Gasteiger partial charge in [0.15, 0.2) is 0 Å². The summed E-state index contributed by atoms with van der Waals surface area (Å²) < 4.78 is 10.7. The first-order valence-corrected chi connectivity index (χ1v) is 8.10. The largest absolute Gasteiger partial charge is 0.480 e. The van der Waals surface area contributed by atoms with Gasteiger partial charge in [0.25, 0.3) is 11.6 Å². The minimum atomic E-state index is -0.473. The summed E-state index contributed by atoms with van der Waals surface area (Å²) in [7, 11) is 1.53. The van der Waals surface area contributed by atoms with E-state index in [4.69, 9.17) is 9.26 Å². The van der Waals surface area contributed by atoms with Crippen LogP contribution in [0.4, 0.5) is 5.69 Å². The monoisotopic (exact) mass is 362 g/mol. The average molecular weight is 362 g/mol. The number of non-ortho nitro benzene ring substituents is 1. The van der Waals surface area contributed by atoms with E-state index in [1.165, 1.54) is 19.2 Å². The quantitative estimate of drug-likeness (QED) is 0.396. The Hall–Kier alpha value is -3.81. The van der Waals surface area contributed by atoms with Crippen LogP contribution < -0.4 is 4.74 Å². The lowest BCUT2D eigenvalue weighted by molar-refractivity contribution is -0.384. The third-order valence-corrected chi connectivity index (χ3v) is 4.18. The van der Waals surface area contributed by atoms with E-state index in [1.54, 1.807) is 12.1 Å². The van der Waals surface area contributed by atoms with Crippen LogP contribution in [0.3, 0.4) is 0 Å². The van der Waals surface area contributed by atoms with Gasteiger partial charge in [-0.1, -0.05) is 29.4 Å². The van der Waals surface area contributed by atoms with Crippen molar-refractivity contribution in [2.75, 3.05) is 7.11 Å². The Labute approximate surface area is 153 Å². The highest BCUT2D eigenvalue weighted by atomic mass is 16.6. The number of pyridine rings is 1. The Kier molecular flexibility index (Phi) is 4.00. The van der Waals surface area contributed by atoms with Crippen LogP contribution in [0.15, 0.2) is 53.1 Å². The molecule has 134 valence electrons. The first-order chi connectivity index (χ1) is 13.1. The van der Waals surface area contributed by atoms with Gasteiger partial charge in [-0.2, -0.15) is 4.98 Å². The van der Waals surface area contributed by atoms with E-state index in [9.17, 15) is 10.1 Å². The fourth-order valence-electron chi connectivity index (χ4n) is 2.85. The normalized spacial score (nSPS) is 10.9. The number of nitro groups is 1. The molecule has 2 aromatic carbocycles. The summed E-state index contributed by atoms with van der Waals surface area (Å²) in [6.07, 6.45) is 0. The predicted molar refractivity (Wildman–Crippen MR) is 98.4 cm³/mol. The highest BCUT2D eigenvalue weighted by Crippen LogP contribution is 2.32. The number of hydrogen-bond donors (Lipinski definition) is 0. The van der Waals surface area contributed by atoms with Gasteiger partial charge in [0.1, 0.15) is 0 Å². The van der Waals surface area contributed by atoms with Crippen molar-refractivity contribution < 1.29 is 14.2 Å². The van der Waals surface area contributed by atoms with Crippen LogP contribution in [0.5, 0.6) is 5.88 Å². The van der Waals surface area contributed by atoms with Crippen molar-refractivity contribution in [3.63, 3.8) is 0 Å². The SMILES string of the molecule is COc1nc2c(C)cccc2cc1-c1noc(-c2cccc([N+](=O)[O-])c2)n1. The summed E-state index contributed by atoms with van der Waals surface area (Å²) >= 11 is 0. The topological polar surface area (TPSA) is 104 Å². The second-order valence-corrected chi connectivity index (χ2v) is 5.92. The molecule has 0 saturated carbocycles. The van der Waals surface area contributed by atoms with Crippen LogP contribution in [0.2, 0.25) is 0 Å². The minimum absolute atomic E-state index is 0.0484. The van der Waals surface area contributed by atoms with Gasteiger partial charge in [-0.05, 0) is 24.6 Å². The molecule has 0 aliphatic rings. The number of benzene rings is 2. The lowest BCUT2D eigenvalue weighted by atomic mass is 10.1. The maximum absolute atomic E-state index is 11.0. The summed E-state index contributed by atoms with van der Waals surface area (Å²) in [5.41, 5.74) is 2.86. The predicted octanol–water partition coefficient (Wildman–Crippen LogP) is 4.18. The van der Waals surface area contributed by atoms with Crippen molar-refractivity contribution in [3.05, 3.63) is 64.2 Å². The zero-order valence-corrected chi connectivity index (χ0v) is 14.5. The summed E-state index contributed by atoms with van der Waals surface area (Å²) in [5.74, 6) is 0.854. The van der Waals surface area contributed by atoms with E-state index in [0.717, 1.165) is 16.5 Å². The van der Waals surface area contributed by atoms with Gasteiger partial charge in [0.2, 0.25) is 11.7 Å². The number of aryl methyl sites for hydroxylation is 1. The van der Waals surface area contributed by atoms with Crippen molar-refractivity contribution in [1.29, 1.82) is 0 Å². The number of rotatable bonds is 4. The van der Waals surface area contributed by atoms with E-state index in [0.29, 0.717) is 22.8 Å². The number of para-hydroxylation sites is 1. The van der Waals surface area contributed by atoms with Crippen LogP contribution in [-0.4, -0.2) is 27.2 Å². The Morgan fingerprint density at radius 1 is 1.11 bits per heavy atom. The lowest BCUT2D eigenvalue weighted by Gasteiger charge is -2.08. The van der Waals surface area contributed by atoms with E-state index in [1.807, 2.05) is 31.2 Å². The Morgan fingerprint density at radius 2 is 1.93 bits per heavy atom. The maximum atomic E-state index is 11.0. The minimum Gasteiger partial charge on any atom is -0.480 e. The molecule has 4 rings (SSSR count). The van der Waals surface area contributed by atoms with Gasteiger partial charge in [-0.25, -0.2) is 4.98 Å². The molecular formula is C19H14N4O4. The molecule has 0 aliphatic carbocycles. The number of ether oxygens (including phenoxy) is 1. The highest BCUT2D eigenvalue weighted by molar-refractivity contribution is 5.87. The van der Waals surface area contributed by atoms with Crippen molar-refractivity contribution in [3.8, 4) is 28.7 Å². The molecule has 0 aliphatic heterocycles. The molecule has 0 radical (unpaired) electrons. The highest BCUT2D eigenvalue weighted by Gasteiger charge is 2.18. The maximum Gasteiger partial charge on any atom is 0.270 e. The smallest absolute Gasteiger partial charge is 0.270 e. The summed E-state index contributed by atoms with van der Waals surface area (Å²) in [4.78, 5) is 19.4. The molecule has 27 heavy (non-hydrogen) atoms. The van der Waals surface area contributed by atoms with Crippen LogP contribution in [0.25, 0.3) is 33.7 Å². The zero-order chi connectivity index (χ0) is 19.0. The summed E-state index contributed by atoms with van der Waals surface area (Å²) in [6.45, 7) is 1.98. The summed E-state index contributed by atoms with van der Waals surface area (Å²) in [6, 6.07) is 13.8. The van der Waals surface area contributed by atoms with Gasteiger partial charge in [0, 0.05) is 23.1 Å². The molecule has 2 aromatic heterocycles. The fraction of sp³-hybridized carbons (Fsp3) is 0.105. The number of methoxy groups -OCH3 is 1. The first kappa shape index (κ1) is 16.6. The Balaban J connectivity index is 1.81. The number of nitro benzene ring substituents is 1. The third kappa shape index (κ3) is 2.97. The van der Waals surface area contributed by atoms with E-state index < -0.39 is 4.92 Å². The molecular weight excluding hydrogens is 348 g/mol. The van der Waals surface area contributed by atoms with Crippen molar-refractivity contribution in [2.45, 2.75) is 6.92 Å². The van der Waals surface area contributed by atoms with Gasteiger partial charge < -0.3 is 9.26 Å². The van der Waals surface area contributed by atoms with Gasteiger partial charge in [-0.15, -0.1) is 0 Å². The number of hydrogen-bond acceptors (Lipinski definition) is 7. The van der Waals surface area contributed by atoms with Crippen molar-refractivity contribution >= 4 is 16.6 Å². The lowest BCUT2D eigenvalue weighted by Crippen LogP contribution is -1.95. The molecule has 0 spiro atoms. The number of fused-ring (bicyclic) bond motifs is 1. The molecule has 0 atom stereocenters. The van der Waals surface area contributed by atoms with Gasteiger partial charge in [-0.3, -0.25) is 10.1 Å². The molecule has 0 unspecified atom stereocenters. The molecule has 2 heterocycles. The van der Waals surface area contributed by atoms with Crippen molar-refractivity contribution in [1.82, 2.24) is 15.1 Å². The van der Waals surface area contributed by atoms with Crippen LogP contribution >= 0.6 is 0 Å². The number of aromatic nitrogens is 3. The van der Waals surface area contributed by atoms with E-state index >= 15 is 0 Å². The second-order valence-electron chi connectivity index (χ2n) is 5.92. The van der Waals surface area contributed by atoms with E-state index in [-0.39, 0.29) is 11.6 Å². The molecule has 0 saturated heterocycles. The molecule has 0 fully saturated rings. The summed E-state index contributed by atoms with van der Waals surface area (Å²) in [5, 5.41) is 15.9. The standard InChI is InChI=1S/C19H14N4O4/c1-11-5-3-6-12-10-15(19(26-2)20-16(11)12)17-21-18(27-22-17)13-7-4-8-14(9-13)23(24)25/h3-10H,1-2H3. The zero-order valence-electron chi connectivity index (χ0n) is 14.5. The average Bonchev–Trinajstić information content (AvgIpc) is 3.17. The van der Waals surface area contributed by atoms with Gasteiger partial charge >= 0.3 is 0 Å². The molecule has 8 nitrogen and oxygen atoms in total. The molecule has 0 bridgehead atoms. The van der Waals surface area contributed by atoms with Gasteiger partial charge in [0.05, 0.1) is 23.1 Å². The van der Waals surface area contributed by atoms with Crippen LogP contribution in [0.1, 0.15) is 5.56 Å². The second kappa shape index (κ2) is 6.49. The molecule has 0 N–H and O–H groups in total. The first-order valence-electron chi connectivity index (χ1n) is 8.10. The molecule has 4 aromatic rings. The van der Waals surface area contributed by atoms with Crippen LogP contribution in [0, 0.1) is 17.0 Å². The Bertz CT molecular complexity index is 1170. The fourth-order valence-corrected chi connectivity index (χ4v) is 2.85. The van der Waals surface area contributed by atoms with E-state index in [2.05, 4.69) is 15.1 Å². The number of nitrogens with zero attached hydrogens (tertiary/aromatic N) is 4. The third-order valence-electron chi connectivity index (χ3n) is 4.18. The molecule has 8 heteroatoms.